The number of piperidine rings is 1. The fourth-order valence-electron chi connectivity index (χ4n) is 2.13. The van der Waals surface area contributed by atoms with E-state index in [0.29, 0.717) is 5.92 Å². The first kappa shape index (κ1) is 10.3. The Bertz CT molecular complexity index is 136. The Hall–Kier alpha value is 0.180. The van der Waals surface area contributed by atoms with E-state index in [2.05, 4.69) is 5.32 Å². The van der Waals surface area contributed by atoms with E-state index < -0.39 is 6.17 Å². The molecule has 0 aromatic heterocycles. The summed E-state index contributed by atoms with van der Waals surface area (Å²) in [6, 6.07) is 0.206. The molecule has 0 amide bonds. The minimum absolute atomic E-state index is 0. The average molecular weight is 194 g/mol. The quantitative estimate of drug-likeness (QED) is 0.674. The zero-order chi connectivity index (χ0) is 7.68. The normalized spacial score (nSPS) is 36.8. The molecule has 1 heterocycles. The van der Waals surface area contributed by atoms with E-state index in [9.17, 15) is 4.39 Å². The second-order valence-corrected chi connectivity index (χ2v) is 3.83. The predicted octanol–water partition coefficient (Wildman–Crippen LogP) is 2.30. The predicted molar refractivity (Wildman–Crippen MR) is 50.5 cm³/mol. The maximum Gasteiger partial charge on any atom is 0.116 e. The van der Waals surface area contributed by atoms with E-state index in [1.165, 1.54) is 19.3 Å². The Morgan fingerprint density at radius 1 is 1.08 bits per heavy atom. The topological polar surface area (TPSA) is 12.0 Å². The van der Waals surface area contributed by atoms with E-state index in [1.54, 1.807) is 0 Å². The Morgan fingerprint density at radius 2 is 1.83 bits per heavy atom. The molecular formula is C9H17ClFN. The molecule has 1 saturated heterocycles. The average Bonchev–Trinajstić information content (AvgIpc) is 1.90. The smallest absolute Gasteiger partial charge is 0.116 e. The number of rotatable bonds is 1. The summed E-state index contributed by atoms with van der Waals surface area (Å²) < 4.78 is 13.3. The molecule has 2 fully saturated rings. The zero-order valence-corrected chi connectivity index (χ0v) is 8.08. The van der Waals surface area contributed by atoms with Crippen molar-refractivity contribution < 1.29 is 4.39 Å². The molecule has 2 atom stereocenters. The molecule has 0 bridgehead atoms. The van der Waals surface area contributed by atoms with Crippen molar-refractivity contribution in [1.82, 2.24) is 5.32 Å². The molecule has 0 spiro atoms. The minimum Gasteiger partial charge on any atom is -0.311 e. The molecule has 1 saturated carbocycles. The molecule has 0 aromatic rings. The van der Waals surface area contributed by atoms with Crippen LogP contribution in [0.3, 0.4) is 0 Å². The lowest BCUT2D eigenvalue weighted by Gasteiger charge is -2.38. The van der Waals surface area contributed by atoms with Gasteiger partial charge >= 0.3 is 0 Å². The van der Waals surface area contributed by atoms with Crippen LogP contribution in [0.2, 0.25) is 0 Å². The van der Waals surface area contributed by atoms with E-state index in [-0.39, 0.29) is 18.4 Å². The maximum atomic E-state index is 13.3. The Balaban J connectivity index is 0.000000720. The lowest BCUT2D eigenvalue weighted by Crippen LogP contribution is -2.49. The highest BCUT2D eigenvalue weighted by atomic mass is 35.5. The van der Waals surface area contributed by atoms with Gasteiger partial charge in [-0.1, -0.05) is 6.42 Å². The summed E-state index contributed by atoms with van der Waals surface area (Å²) in [6.07, 6.45) is 5.05. The lowest BCUT2D eigenvalue weighted by molar-refractivity contribution is 0.110. The zero-order valence-electron chi connectivity index (χ0n) is 7.26. The van der Waals surface area contributed by atoms with Crippen LogP contribution in [0.1, 0.15) is 32.1 Å². The van der Waals surface area contributed by atoms with Crippen LogP contribution in [0, 0.1) is 5.92 Å². The van der Waals surface area contributed by atoms with Crippen LogP contribution >= 0.6 is 12.4 Å². The Morgan fingerprint density at radius 3 is 2.33 bits per heavy atom. The van der Waals surface area contributed by atoms with Crippen molar-refractivity contribution >= 4 is 12.4 Å². The third-order valence-electron chi connectivity index (χ3n) is 3.08. The van der Waals surface area contributed by atoms with Gasteiger partial charge in [0, 0.05) is 6.04 Å². The van der Waals surface area contributed by atoms with Crippen LogP contribution in [0.15, 0.2) is 0 Å². The van der Waals surface area contributed by atoms with Crippen LogP contribution < -0.4 is 5.32 Å². The molecule has 1 nitrogen and oxygen atoms in total. The van der Waals surface area contributed by atoms with Gasteiger partial charge in [0.05, 0.1) is 0 Å². The van der Waals surface area contributed by atoms with Gasteiger partial charge in [-0.05, 0) is 38.1 Å². The Kier molecular flexibility index (Phi) is 3.78. The van der Waals surface area contributed by atoms with E-state index >= 15 is 0 Å². The Labute approximate surface area is 79.5 Å². The summed E-state index contributed by atoms with van der Waals surface area (Å²) in [5.41, 5.74) is 0. The number of alkyl halides is 1. The summed E-state index contributed by atoms with van der Waals surface area (Å²) in [7, 11) is 0. The third-order valence-corrected chi connectivity index (χ3v) is 3.08. The van der Waals surface area contributed by atoms with E-state index in [4.69, 9.17) is 0 Å². The molecule has 0 radical (unpaired) electrons. The molecule has 1 aliphatic carbocycles. The van der Waals surface area contributed by atoms with Crippen LogP contribution in [0.4, 0.5) is 4.39 Å². The summed E-state index contributed by atoms with van der Waals surface area (Å²) in [6.45, 7) is 1.03. The van der Waals surface area contributed by atoms with Gasteiger partial charge in [-0.2, -0.15) is 0 Å². The van der Waals surface area contributed by atoms with E-state index in [0.717, 1.165) is 19.4 Å². The molecule has 72 valence electrons. The molecule has 1 aliphatic heterocycles. The van der Waals surface area contributed by atoms with Gasteiger partial charge in [-0.25, -0.2) is 4.39 Å². The number of hydrogen-bond donors (Lipinski definition) is 1. The largest absolute Gasteiger partial charge is 0.311 e. The van der Waals surface area contributed by atoms with Crippen LogP contribution in [0.5, 0.6) is 0 Å². The van der Waals surface area contributed by atoms with Gasteiger partial charge in [0.15, 0.2) is 0 Å². The van der Waals surface area contributed by atoms with Crippen LogP contribution in [-0.4, -0.2) is 18.8 Å². The molecule has 3 heteroatoms. The van der Waals surface area contributed by atoms with Crippen molar-refractivity contribution in [3.8, 4) is 0 Å². The molecule has 2 unspecified atom stereocenters. The number of hydrogen-bond acceptors (Lipinski definition) is 1. The summed E-state index contributed by atoms with van der Waals surface area (Å²) in [5, 5.41) is 3.30. The van der Waals surface area contributed by atoms with Crippen molar-refractivity contribution in [3.05, 3.63) is 0 Å². The minimum atomic E-state index is -0.561. The number of halogens is 2. The fraction of sp³-hybridized carbons (Fsp3) is 1.00. The van der Waals surface area contributed by atoms with Crippen LogP contribution in [-0.2, 0) is 0 Å². The van der Waals surface area contributed by atoms with Crippen LogP contribution in [0.25, 0.3) is 0 Å². The van der Waals surface area contributed by atoms with Crippen molar-refractivity contribution in [1.29, 1.82) is 0 Å². The molecule has 2 aliphatic rings. The first-order chi connectivity index (χ1) is 5.38. The van der Waals surface area contributed by atoms with Crippen molar-refractivity contribution in [2.45, 2.75) is 44.3 Å². The van der Waals surface area contributed by atoms with Gasteiger partial charge < -0.3 is 5.32 Å². The summed E-state index contributed by atoms with van der Waals surface area (Å²) in [5.74, 6) is 0.658. The fourth-order valence-corrected chi connectivity index (χ4v) is 2.13. The first-order valence-corrected chi connectivity index (χ1v) is 4.75. The van der Waals surface area contributed by atoms with Gasteiger partial charge in [0.1, 0.15) is 6.17 Å². The molecule has 0 aromatic carbocycles. The SMILES string of the molecule is Cl.FC1CCCNC1C1CCC1. The summed E-state index contributed by atoms with van der Waals surface area (Å²) in [4.78, 5) is 0. The molecular weight excluding hydrogens is 177 g/mol. The highest BCUT2D eigenvalue weighted by molar-refractivity contribution is 5.85. The van der Waals surface area contributed by atoms with Crippen molar-refractivity contribution in [3.63, 3.8) is 0 Å². The van der Waals surface area contributed by atoms with E-state index in [1.807, 2.05) is 0 Å². The van der Waals surface area contributed by atoms with Gasteiger partial charge in [-0.15, -0.1) is 12.4 Å². The highest BCUT2D eigenvalue weighted by Crippen LogP contribution is 2.33. The van der Waals surface area contributed by atoms with Gasteiger partial charge in [-0.3, -0.25) is 0 Å². The molecule has 2 rings (SSSR count). The molecule has 1 N–H and O–H groups in total. The van der Waals surface area contributed by atoms with Crippen molar-refractivity contribution in [2.24, 2.45) is 5.92 Å². The second kappa shape index (κ2) is 4.43. The van der Waals surface area contributed by atoms with Crippen molar-refractivity contribution in [2.75, 3.05) is 6.54 Å². The monoisotopic (exact) mass is 193 g/mol. The maximum absolute atomic E-state index is 13.3. The number of nitrogens with one attached hydrogen (secondary N) is 1. The van der Waals surface area contributed by atoms with Gasteiger partial charge in [0.25, 0.3) is 0 Å². The molecule has 12 heavy (non-hydrogen) atoms. The third kappa shape index (κ3) is 1.91. The highest BCUT2D eigenvalue weighted by Gasteiger charge is 2.34. The second-order valence-electron chi connectivity index (χ2n) is 3.83. The standard InChI is InChI=1S/C9H16FN.ClH/c10-8-5-2-6-11-9(8)7-3-1-4-7;/h7-9,11H,1-6H2;1H. The first-order valence-electron chi connectivity index (χ1n) is 4.75. The lowest BCUT2D eigenvalue weighted by atomic mass is 9.76. The summed E-state index contributed by atoms with van der Waals surface area (Å²) >= 11 is 0. The van der Waals surface area contributed by atoms with Gasteiger partial charge in [0.2, 0.25) is 0 Å².